The number of hydrogen-bond acceptors (Lipinski definition) is 0. The fourth-order valence-corrected chi connectivity index (χ4v) is 0. The summed E-state index contributed by atoms with van der Waals surface area (Å²) in [6.45, 7) is 0. The molecule has 0 aromatic heterocycles. The maximum absolute atomic E-state index is 2.66. The van der Waals surface area contributed by atoms with E-state index in [1.54, 1.807) is 0 Å². The van der Waals surface area contributed by atoms with Crippen molar-refractivity contribution in [3.05, 3.63) is 0 Å². The number of rotatable bonds is 1. The van der Waals surface area contributed by atoms with Gasteiger partial charge in [-0.1, -0.05) is 6.04 Å². The molecular formula is C2H8IrPSi. The van der Waals surface area contributed by atoms with Gasteiger partial charge in [0.15, 0.2) is 0 Å². The van der Waals surface area contributed by atoms with Crippen molar-refractivity contribution in [3.8, 4) is 0 Å². The first-order valence-electron chi connectivity index (χ1n) is 1.41. The van der Waals surface area contributed by atoms with Crippen LogP contribution in [-0.2, 0) is 20.1 Å². The minimum Gasteiger partial charge on any atom is -0.138 e. The van der Waals surface area contributed by atoms with Crippen LogP contribution in [0.4, 0.5) is 0 Å². The van der Waals surface area contributed by atoms with Crippen LogP contribution in [0.15, 0.2) is 0 Å². The molecule has 5 heavy (non-hydrogen) atoms. The van der Waals surface area contributed by atoms with Crippen LogP contribution in [0.3, 0.4) is 0 Å². The summed E-state index contributed by atoms with van der Waals surface area (Å²) in [5, 5.41) is 0. The van der Waals surface area contributed by atoms with Gasteiger partial charge in [-0.2, -0.15) is 0 Å². The Morgan fingerprint density at radius 2 is 1.80 bits per heavy atom. The first-order chi connectivity index (χ1) is 1.91. The summed E-state index contributed by atoms with van der Waals surface area (Å²) < 4.78 is 0. The average Bonchev–Trinajstić information content (AvgIpc) is 1.37. The Kier molecular flexibility index (Phi) is 17.2. The molecular weight excluding hydrogens is 275 g/mol. The van der Waals surface area contributed by atoms with E-state index in [1.165, 1.54) is 12.2 Å². The van der Waals surface area contributed by atoms with Crippen molar-refractivity contribution in [3.63, 3.8) is 0 Å². The van der Waals surface area contributed by atoms with Gasteiger partial charge in [0.25, 0.3) is 0 Å². The van der Waals surface area contributed by atoms with Gasteiger partial charge in [0.2, 0.25) is 0 Å². The second kappa shape index (κ2) is 9.00. The Labute approximate surface area is 52.1 Å². The SMILES string of the molecule is [Ir].[SiH2]CCP. The Bertz CT molecular complexity index is 11.6. The van der Waals surface area contributed by atoms with Crippen molar-refractivity contribution >= 4 is 19.5 Å². The number of hydrogen-bond donors (Lipinski definition) is 0. The van der Waals surface area contributed by atoms with E-state index in [0.717, 1.165) is 0 Å². The topological polar surface area (TPSA) is 0 Å². The third-order valence-electron chi connectivity index (χ3n) is 0.204. The van der Waals surface area contributed by atoms with E-state index in [4.69, 9.17) is 0 Å². The van der Waals surface area contributed by atoms with Crippen molar-refractivity contribution in [2.75, 3.05) is 6.16 Å². The Hall–Kier alpha value is 1.30. The first kappa shape index (κ1) is 9.57. The zero-order chi connectivity index (χ0) is 3.41. The van der Waals surface area contributed by atoms with Crippen LogP contribution < -0.4 is 0 Å². The van der Waals surface area contributed by atoms with Crippen LogP contribution in [0.1, 0.15) is 0 Å². The monoisotopic (exact) mass is 284 g/mol. The van der Waals surface area contributed by atoms with Gasteiger partial charge >= 0.3 is 0 Å². The molecule has 0 aliphatic heterocycles. The van der Waals surface area contributed by atoms with Crippen molar-refractivity contribution in [2.24, 2.45) is 0 Å². The van der Waals surface area contributed by atoms with E-state index in [0.29, 0.717) is 0 Å². The van der Waals surface area contributed by atoms with Gasteiger partial charge in [0, 0.05) is 30.3 Å². The smallest absolute Gasteiger partial charge is 0.00840 e. The molecule has 0 nitrogen and oxygen atoms in total. The Balaban J connectivity index is 0. The third-order valence-corrected chi connectivity index (χ3v) is 1.84. The largest absolute Gasteiger partial charge is 0.138 e. The van der Waals surface area contributed by atoms with Crippen molar-refractivity contribution in [1.82, 2.24) is 0 Å². The van der Waals surface area contributed by atoms with Crippen LogP contribution in [0.25, 0.3) is 0 Å². The molecule has 0 saturated heterocycles. The molecule has 0 rings (SSSR count). The standard InChI is InChI=1S/C2H8PSi.Ir/c3-1-2-4;/h1-4H2;. The van der Waals surface area contributed by atoms with Gasteiger partial charge in [-0.15, -0.1) is 9.24 Å². The molecule has 0 aromatic carbocycles. The molecule has 1 unspecified atom stereocenters. The molecule has 0 saturated carbocycles. The van der Waals surface area contributed by atoms with Crippen LogP contribution in [0.2, 0.25) is 6.04 Å². The fourth-order valence-electron chi connectivity index (χ4n) is 0. The molecule has 1 atom stereocenters. The molecule has 3 heteroatoms. The summed E-state index contributed by atoms with van der Waals surface area (Å²) >= 11 is 0. The van der Waals surface area contributed by atoms with Crippen molar-refractivity contribution < 1.29 is 20.1 Å². The molecule has 34 valence electrons. The predicted octanol–water partition coefficient (Wildman–Crippen LogP) is -0.0896. The molecule has 0 amide bonds. The van der Waals surface area contributed by atoms with Crippen LogP contribution in [-0.4, -0.2) is 16.4 Å². The molecule has 0 heterocycles. The van der Waals surface area contributed by atoms with Crippen LogP contribution in [0.5, 0.6) is 0 Å². The van der Waals surface area contributed by atoms with Crippen molar-refractivity contribution in [2.45, 2.75) is 6.04 Å². The zero-order valence-corrected chi connectivity index (χ0v) is 8.00. The maximum atomic E-state index is 2.66. The van der Waals surface area contributed by atoms with Crippen LogP contribution in [0, 0.1) is 0 Å². The van der Waals surface area contributed by atoms with Crippen molar-refractivity contribution in [1.29, 1.82) is 0 Å². The summed E-state index contributed by atoms with van der Waals surface area (Å²) in [4.78, 5) is 0. The van der Waals surface area contributed by atoms with Crippen LogP contribution >= 0.6 is 9.24 Å². The normalized spacial score (nSPS) is 6.00. The van der Waals surface area contributed by atoms with Gasteiger partial charge in [0.05, 0.1) is 0 Å². The van der Waals surface area contributed by atoms with Gasteiger partial charge in [-0.3, -0.25) is 0 Å². The molecule has 2 radical (unpaired) electrons. The summed E-state index contributed by atoms with van der Waals surface area (Å²) in [5.41, 5.74) is 0. The molecule has 0 N–H and O–H groups in total. The maximum Gasteiger partial charge on any atom is 0.00840 e. The molecule has 0 fully saturated rings. The second-order valence-electron chi connectivity index (χ2n) is 0.642. The molecule has 0 aliphatic rings. The predicted molar refractivity (Wildman–Crippen MR) is 27.9 cm³/mol. The van der Waals surface area contributed by atoms with E-state index in [1.807, 2.05) is 10.2 Å². The minimum absolute atomic E-state index is 0. The van der Waals surface area contributed by atoms with E-state index < -0.39 is 0 Å². The van der Waals surface area contributed by atoms with Gasteiger partial charge in [-0.25, -0.2) is 0 Å². The summed E-state index contributed by atoms with van der Waals surface area (Å²) in [5.74, 6) is 0. The third kappa shape index (κ3) is 10.9. The molecule has 0 bridgehead atoms. The van der Waals surface area contributed by atoms with E-state index in [-0.39, 0.29) is 20.1 Å². The molecule has 0 spiro atoms. The van der Waals surface area contributed by atoms with E-state index >= 15 is 0 Å². The zero-order valence-electron chi connectivity index (χ0n) is 3.03. The van der Waals surface area contributed by atoms with Gasteiger partial charge in [0.1, 0.15) is 0 Å². The Morgan fingerprint density at radius 3 is 1.80 bits per heavy atom. The summed E-state index contributed by atoms with van der Waals surface area (Å²) in [6, 6.07) is 1.31. The summed E-state index contributed by atoms with van der Waals surface area (Å²) in [7, 11) is 4.66. The molecule has 0 aromatic rings. The summed E-state index contributed by atoms with van der Waals surface area (Å²) in [6.07, 6.45) is 1.25. The molecule has 0 aliphatic carbocycles. The van der Waals surface area contributed by atoms with Gasteiger partial charge in [-0.05, 0) is 6.16 Å². The van der Waals surface area contributed by atoms with E-state index in [9.17, 15) is 0 Å². The quantitative estimate of drug-likeness (QED) is 0.466. The van der Waals surface area contributed by atoms with E-state index in [2.05, 4.69) is 9.24 Å². The Morgan fingerprint density at radius 1 is 1.60 bits per heavy atom. The van der Waals surface area contributed by atoms with Gasteiger partial charge < -0.3 is 0 Å². The average molecular weight is 283 g/mol. The first-order valence-corrected chi connectivity index (χ1v) is 3.22. The second-order valence-corrected chi connectivity index (χ2v) is 1.93. The fraction of sp³-hybridized carbons (Fsp3) is 1.00. The minimum atomic E-state index is 0.